The third kappa shape index (κ3) is 2.14. The number of rotatable bonds is 3. The summed E-state index contributed by atoms with van der Waals surface area (Å²) < 4.78 is 5.17. The molecular formula is C12H14N2O4. The number of methoxy groups -OCH3 is 1. The van der Waals surface area contributed by atoms with Crippen molar-refractivity contribution in [3.8, 4) is 5.75 Å². The highest BCUT2D eigenvalue weighted by Gasteiger charge is 2.35. The van der Waals surface area contributed by atoms with E-state index in [1.165, 1.54) is 12.0 Å². The molecule has 1 saturated heterocycles. The molecule has 1 aromatic carbocycles. The number of piperazine rings is 1. The first-order valence-electron chi connectivity index (χ1n) is 5.53. The Bertz CT molecular complexity index is 475. The van der Waals surface area contributed by atoms with Crippen molar-refractivity contribution in [1.29, 1.82) is 0 Å². The number of nitrogens with zero attached hydrogens (tertiary/aromatic N) is 1. The Morgan fingerprint density at radius 2 is 2.22 bits per heavy atom. The van der Waals surface area contributed by atoms with Gasteiger partial charge in [0.2, 0.25) is 5.91 Å². The van der Waals surface area contributed by atoms with Crippen LogP contribution in [-0.4, -0.2) is 43.2 Å². The van der Waals surface area contributed by atoms with Crippen molar-refractivity contribution >= 4 is 17.6 Å². The number of ether oxygens (including phenoxy) is 1. The summed E-state index contributed by atoms with van der Waals surface area (Å²) in [5, 5.41) is 12.0. The molecule has 6 nitrogen and oxygen atoms in total. The number of carbonyl (C=O) groups excluding carboxylic acids is 1. The number of aliphatic carboxylic acids is 1. The average molecular weight is 250 g/mol. The van der Waals surface area contributed by atoms with Crippen LogP contribution in [0, 0.1) is 0 Å². The lowest BCUT2D eigenvalue weighted by Gasteiger charge is -2.34. The van der Waals surface area contributed by atoms with Crippen LogP contribution in [0.1, 0.15) is 0 Å². The molecule has 0 radical (unpaired) electrons. The molecule has 1 aliphatic rings. The van der Waals surface area contributed by atoms with Crippen molar-refractivity contribution in [1.82, 2.24) is 5.32 Å². The number of amides is 1. The van der Waals surface area contributed by atoms with Crippen molar-refractivity contribution in [2.45, 2.75) is 6.04 Å². The van der Waals surface area contributed by atoms with Crippen molar-refractivity contribution in [2.24, 2.45) is 0 Å². The minimum absolute atomic E-state index is 0.127. The molecule has 1 unspecified atom stereocenters. The predicted octanol–water partition coefficient (Wildman–Crippen LogP) is 0.0846. The fraction of sp³-hybridized carbons (Fsp3) is 0.333. The maximum absolute atomic E-state index is 11.9. The zero-order valence-electron chi connectivity index (χ0n) is 9.92. The SMILES string of the molecule is COc1ccccc1N1C(=O)CNCC1C(=O)O. The van der Waals surface area contributed by atoms with Gasteiger partial charge in [0.25, 0.3) is 0 Å². The van der Waals surface area contributed by atoms with Crippen LogP contribution < -0.4 is 15.0 Å². The van der Waals surface area contributed by atoms with Crippen molar-refractivity contribution in [2.75, 3.05) is 25.1 Å². The van der Waals surface area contributed by atoms with Crippen molar-refractivity contribution in [3.63, 3.8) is 0 Å². The molecule has 0 saturated carbocycles. The normalized spacial score (nSPS) is 19.7. The van der Waals surface area contributed by atoms with Gasteiger partial charge < -0.3 is 15.2 Å². The van der Waals surface area contributed by atoms with E-state index in [4.69, 9.17) is 4.74 Å². The summed E-state index contributed by atoms with van der Waals surface area (Å²) in [7, 11) is 1.49. The van der Waals surface area contributed by atoms with Crippen molar-refractivity contribution < 1.29 is 19.4 Å². The van der Waals surface area contributed by atoms with Crippen molar-refractivity contribution in [3.05, 3.63) is 24.3 Å². The molecule has 0 aliphatic carbocycles. The number of hydrogen-bond acceptors (Lipinski definition) is 4. The molecule has 1 aromatic rings. The van der Waals surface area contributed by atoms with E-state index in [0.717, 1.165) is 0 Å². The van der Waals surface area contributed by atoms with E-state index in [1.807, 2.05) is 0 Å². The van der Waals surface area contributed by atoms with Gasteiger partial charge in [-0.1, -0.05) is 12.1 Å². The van der Waals surface area contributed by atoms with Gasteiger partial charge in [-0.2, -0.15) is 0 Å². The second-order valence-electron chi connectivity index (χ2n) is 3.92. The zero-order valence-corrected chi connectivity index (χ0v) is 9.92. The second-order valence-corrected chi connectivity index (χ2v) is 3.92. The van der Waals surface area contributed by atoms with Crippen LogP contribution >= 0.6 is 0 Å². The van der Waals surface area contributed by atoms with Gasteiger partial charge in [0.05, 0.1) is 19.3 Å². The number of nitrogens with one attached hydrogen (secondary N) is 1. The monoisotopic (exact) mass is 250 g/mol. The molecule has 1 amide bonds. The Morgan fingerprint density at radius 3 is 2.89 bits per heavy atom. The molecule has 1 atom stereocenters. The van der Waals surface area contributed by atoms with Gasteiger partial charge in [0.1, 0.15) is 11.8 Å². The summed E-state index contributed by atoms with van der Waals surface area (Å²) >= 11 is 0. The third-order valence-corrected chi connectivity index (χ3v) is 2.82. The first-order valence-corrected chi connectivity index (χ1v) is 5.53. The van der Waals surface area contributed by atoms with Crippen LogP contribution in [0.4, 0.5) is 5.69 Å². The molecule has 18 heavy (non-hydrogen) atoms. The van der Waals surface area contributed by atoms with E-state index in [2.05, 4.69) is 5.32 Å². The number of benzene rings is 1. The minimum atomic E-state index is -1.04. The molecular weight excluding hydrogens is 236 g/mol. The van der Waals surface area contributed by atoms with Gasteiger partial charge >= 0.3 is 5.97 Å². The summed E-state index contributed by atoms with van der Waals surface area (Å²) in [5.74, 6) is -0.835. The van der Waals surface area contributed by atoms with Crippen LogP contribution in [0.5, 0.6) is 5.75 Å². The number of carboxylic acid groups (broad SMARTS) is 1. The van der Waals surface area contributed by atoms with Gasteiger partial charge in [-0.25, -0.2) is 4.79 Å². The minimum Gasteiger partial charge on any atom is -0.495 e. The van der Waals surface area contributed by atoms with Gasteiger partial charge in [-0.05, 0) is 12.1 Å². The summed E-state index contributed by atoms with van der Waals surface area (Å²) in [6.45, 7) is 0.348. The van der Waals surface area contributed by atoms with Gasteiger partial charge in [0.15, 0.2) is 0 Å². The van der Waals surface area contributed by atoms with E-state index < -0.39 is 12.0 Å². The average Bonchev–Trinajstić information content (AvgIpc) is 2.38. The van der Waals surface area contributed by atoms with Crippen LogP contribution in [0.3, 0.4) is 0 Å². The van der Waals surface area contributed by atoms with E-state index >= 15 is 0 Å². The molecule has 96 valence electrons. The Kier molecular flexibility index (Phi) is 3.47. The fourth-order valence-corrected chi connectivity index (χ4v) is 1.99. The van der Waals surface area contributed by atoms with Gasteiger partial charge in [-0.15, -0.1) is 0 Å². The molecule has 0 bridgehead atoms. The highest BCUT2D eigenvalue weighted by atomic mass is 16.5. The lowest BCUT2D eigenvalue weighted by molar-refractivity contribution is -0.140. The smallest absolute Gasteiger partial charge is 0.328 e. The van der Waals surface area contributed by atoms with E-state index in [9.17, 15) is 14.7 Å². The second kappa shape index (κ2) is 5.05. The number of hydrogen-bond donors (Lipinski definition) is 2. The predicted molar refractivity (Wildman–Crippen MR) is 64.8 cm³/mol. The van der Waals surface area contributed by atoms with E-state index in [0.29, 0.717) is 11.4 Å². The maximum atomic E-state index is 11.9. The van der Waals surface area contributed by atoms with Crippen LogP contribution in [0.15, 0.2) is 24.3 Å². The van der Waals surface area contributed by atoms with Crippen LogP contribution in [0.2, 0.25) is 0 Å². The quantitative estimate of drug-likeness (QED) is 0.794. The highest BCUT2D eigenvalue weighted by Crippen LogP contribution is 2.30. The fourth-order valence-electron chi connectivity index (χ4n) is 1.99. The Hall–Kier alpha value is -2.08. The molecule has 1 aliphatic heterocycles. The molecule has 0 spiro atoms. The van der Waals surface area contributed by atoms with E-state index in [-0.39, 0.29) is 19.0 Å². The third-order valence-electron chi connectivity index (χ3n) is 2.82. The number of carboxylic acids is 1. The molecule has 0 aromatic heterocycles. The summed E-state index contributed by atoms with van der Waals surface area (Å²) in [4.78, 5) is 24.4. The standard InChI is InChI=1S/C12H14N2O4/c1-18-10-5-3-2-4-8(10)14-9(12(16)17)6-13-7-11(14)15/h2-5,9,13H,6-7H2,1H3,(H,16,17). The lowest BCUT2D eigenvalue weighted by Crippen LogP contribution is -2.58. The first-order chi connectivity index (χ1) is 8.65. The summed E-state index contributed by atoms with van der Waals surface area (Å²) in [5.41, 5.74) is 0.485. The number of anilines is 1. The molecule has 2 rings (SSSR count). The maximum Gasteiger partial charge on any atom is 0.328 e. The number of carbonyl (C=O) groups is 2. The Morgan fingerprint density at radius 1 is 1.50 bits per heavy atom. The molecule has 2 N–H and O–H groups in total. The number of para-hydroxylation sites is 2. The Balaban J connectivity index is 2.43. The largest absolute Gasteiger partial charge is 0.495 e. The summed E-state index contributed by atoms with van der Waals surface area (Å²) in [6, 6.07) is 5.97. The van der Waals surface area contributed by atoms with Crippen LogP contribution in [-0.2, 0) is 9.59 Å². The summed E-state index contributed by atoms with van der Waals surface area (Å²) in [6.07, 6.45) is 0. The van der Waals surface area contributed by atoms with Gasteiger partial charge in [0, 0.05) is 6.54 Å². The van der Waals surface area contributed by atoms with Crippen LogP contribution in [0.25, 0.3) is 0 Å². The first kappa shape index (κ1) is 12.4. The highest BCUT2D eigenvalue weighted by molar-refractivity contribution is 6.02. The van der Waals surface area contributed by atoms with E-state index in [1.54, 1.807) is 24.3 Å². The molecule has 1 heterocycles. The zero-order chi connectivity index (χ0) is 13.1. The molecule has 6 heteroatoms. The Labute approximate surface area is 104 Å². The lowest BCUT2D eigenvalue weighted by atomic mass is 10.1. The molecule has 1 fully saturated rings. The topological polar surface area (TPSA) is 78.9 Å². The van der Waals surface area contributed by atoms with Gasteiger partial charge in [-0.3, -0.25) is 9.69 Å².